The molecule has 3 rings (SSSR count). The van der Waals surface area contributed by atoms with Gasteiger partial charge in [-0.15, -0.1) is 5.11 Å². The Morgan fingerprint density at radius 1 is 1.18 bits per heavy atom. The Kier molecular flexibility index (Phi) is 3.30. The molecule has 1 heterocycles. The zero-order chi connectivity index (χ0) is 15.7. The van der Waals surface area contributed by atoms with E-state index in [1.165, 1.54) is 12.1 Å². The second-order valence-electron chi connectivity index (χ2n) is 4.80. The van der Waals surface area contributed by atoms with Crippen LogP contribution >= 0.6 is 0 Å². The number of aromatic amines is 1. The number of benzene rings is 2. The Morgan fingerprint density at radius 3 is 2.59 bits per heavy atom. The fourth-order valence-electron chi connectivity index (χ4n) is 2.24. The summed E-state index contributed by atoms with van der Waals surface area (Å²) < 4.78 is 0. The number of aromatic nitrogens is 1. The zero-order valence-electron chi connectivity index (χ0n) is 11.6. The molecule has 0 atom stereocenters. The van der Waals surface area contributed by atoms with E-state index in [0.29, 0.717) is 22.2 Å². The van der Waals surface area contributed by atoms with Gasteiger partial charge in [-0.05, 0) is 24.6 Å². The molecular formula is C15H12N4O3. The second kappa shape index (κ2) is 5.28. The highest BCUT2D eigenvalue weighted by Crippen LogP contribution is 2.39. The number of azo groups is 1. The van der Waals surface area contributed by atoms with Crippen LogP contribution in [0.15, 0.2) is 52.7 Å². The molecular weight excluding hydrogens is 284 g/mol. The average molecular weight is 296 g/mol. The first-order valence-electron chi connectivity index (χ1n) is 6.52. The summed E-state index contributed by atoms with van der Waals surface area (Å²) in [6, 6.07) is 11.8. The number of nitro groups is 1. The number of rotatable bonds is 3. The summed E-state index contributed by atoms with van der Waals surface area (Å²) in [7, 11) is 0. The van der Waals surface area contributed by atoms with Crippen LogP contribution in [0, 0.1) is 17.0 Å². The molecule has 0 radical (unpaired) electrons. The van der Waals surface area contributed by atoms with E-state index in [-0.39, 0.29) is 17.3 Å². The van der Waals surface area contributed by atoms with E-state index in [1.807, 2.05) is 18.2 Å². The van der Waals surface area contributed by atoms with Gasteiger partial charge in [-0.25, -0.2) is 0 Å². The standard InChI is InChI=1S/C15H12N4O3/c1-9-7-11(19(21)22)8-12-13(9)16-15(20)14(12)18-17-10-5-3-2-4-6-10/h2-8,16,20H,1H3. The molecule has 0 amide bonds. The molecule has 0 saturated carbocycles. The van der Waals surface area contributed by atoms with E-state index in [1.54, 1.807) is 19.1 Å². The molecule has 7 heteroatoms. The summed E-state index contributed by atoms with van der Waals surface area (Å²) in [4.78, 5) is 13.3. The summed E-state index contributed by atoms with van der Waals surface area (Å²) >= 11 is 0. The fraction of sp³-hybridized carbons (Fsp3) is 0.0667. The second-order valence-corrected chi connectivity index (χ2v) is 4.80. The van der Waals surface area contributed by atoms with Gasteiger partial charge in [-0.1, -0.05) is 18.2 Å². The summed E-state index contributed by atoms with van der Waals surface area (Å²) in [5.74, 6) is -0.168. The minimum atomic E-state index is -0.478. The van der Waals surface area contributed by atoms with Crippen molar-refractivity contribution in [1.29, 1.82) is 0 Å². The fourth-order valence-corrected chi connectivity index (χ4v) is 2.24. The van der Waals surface area contributed by atoms with E-state index in [4.69, 9.17) is 0 Å². The number of nitrogens with zero attached hydrogens (tertiary/aromatic N) is 3. The molecule has 110 valence electrons. The predicted octanol–water partition coefficient (Wildman–Crippen LogP) is 4.51. The molecule has 0 bridgehead atoms. The normalized spacial score (nSPS) is 11.3. The molecule has 0 fully saturated rings. The van der Waals surface area contributed by atoms with Crippen molar-refractivity contribution >= 4 is 28.0 Å². The molecule has 0 aliphatic heterocycles. The van der Waals surface area contributed by atoms with Crippen molar-refractivity contribution in [3.8, 4) is 5.88 Å². The Labute approximate surface area is 125 Å². The van der Waals surface area contributed by atoms with E-state index >= 15 is 0 Å². The molecule has 0 unspecified atom stereocenters. The Hall–Kier alpha value is -3.22. The number of aromatic hydroxyl groups is 1. The van der Waals surface area contributed by atoms with Crippen molar-refractivity contribution in [2.24, 2.45) is 10.2 Å². The van der Waals surface area contributed by atoms with Gasteiger partial charge >= 0.3 is 0 Å². The molecule has 2 N–H and O–H groups in total. The van der Waals surface area contributed by atoms with Crippen molar-refractivity contribution in [2.45, 2.75) is 6.92 Å². The maximum atomic E-state index is 11.0. The lowest BCUT2D eigenvalue weighted by molar-refractivity contribution is -0.384. The van der Waals surface area contributed by atoms with Gasteiger partial charge in [0, 0.05) is 17.5 Å². The third kappa shape index (κ3) is 2.39. The lowest BCUT2D eigenvalue weighted by Gasteiger charge is -1.97. The smallest absolute Gasteiger partial charge is 0.270 e. The average Bonchev–Trinajstić information content (AvgIpc) is 2.82. The van der Waals surface area contributed by atoms with Gasteiger partial charge in [0.05, 0.1) is 16.1 Å². The largest absolute Gasteiger partial charge is 0.493 e. The number of H-pyrrole nitrogens is 1. The maximum Gasteiger partial charge on any atom is 0.270 e. The third-order valence-corrected chi connectivity index (χ3v) is 3.28. The van der Waals surface area contributed by atoms with Gasteiger partial charge in [0.15, 0.2) is 5.69 Å². The molecule has 7 nitrogen and oxygen atoms in total. The van der Waals surface area contributed by atoms with Gasteiger partial charge in [0.2, 0.25) is 5.88 Å². The monoisotopic (exact) mass is 296 g/mol. The number of hydrogen-bond acceptors (Lipinski definition) is 5. The number of nitrogens with one attached hydrogen (secondary N) is 1. The first-order chi connectivity index (χ1) is 10.6. The molecule has 3 aromatic rings. The van der Waals surface area contributed by atoms with Gasteiger partial charge in [-0.3, -0.25) is 10.1 Å². The van der Waals surface area contributed by atoms with Gasteiger partial charge < -0.3 is 10.1 Å². The Bertz CT molecular complexity index is 885. The van der Waals surface area contributed by atoms with Crippen LogP contribution < -0.4 is 0 Å². The summed E-state index contributed by atoms with van der Waals surface area (Å²) in [6.07, 6.45) is 0. The molecule has 2 aromatic carbocycles. The minimum Gasteiger partial charge on any atom is -0.493 e. The summed E-state index contributed by atoms with van der Waals surface area (Å²) in [5.41, 5.74) is 2.01. The topological polar surface area (TPSA) is 104 Å². The van der Waals surface area contributed by atoms with E-state index in [0.717, 1.165) is 0 Å². The van der Waals surface area contributed by atoms with Crippen LogP contribution in [0.25, 0.3) is 10.9 Å². The summed E-state index contributed by atoms with van der Waals surface area (Å²) in [6.45, 7) is 1.73. The molecule has 0 spiro atoms. The minimum absolute atomic E-state index is 0.0554. The van der Waals surface area contributed by atoms with Crippen LogP contribution in [-0.2, 0) is 0 Å². The highest BCUT2D eigenvalue weighted by Gasteiger charge is 2.17. The van der Waals surface area contributed by atoms with Crippen molar-refractivity contribution in [3.63, 3.8) is 0 Å². The van der Waals surface area contributed by atoms with Crippen LogP contribution in [0.1, 0.15) is 5.56 Å². The SMILES string of the molecule is Cc1cc([N+](=O)[O-])cc2c(N=Nc3ccccc3)c(O)[nH]c12. The van der Waals surface area contributed by atoms with E-state index in [9.17, 15) is 15.2 Å². The van der Waals surface area contributed by atoms with Crippen molar-refractivity contribution in [1.82, 2.24) is 4.98 Å². The highest BCUT2D eigenvalue weighted by atomic mass is 16.6. The van der Waals surface area contributed by atoms with Crippen LogP contribution in [0.3, 0.4) is 0 Å². The third-order valence-electron chi connectivity index (χ3n) is 3.28. The first-order valence-corrected chi connectivity index (χ1v) is 6.52. The van der Waals surface area contributed by atoms with Crippen molar-refractivity contribution in [3.05, 3.63) is 58.1 Å². The lowest BCUT2D eigenvalue weighted by atomic mass is 10.1. The van der Waals surface area contributed by atoms with Crippen molar-refractivity contribution < 1.29 is 10.0 Å². The van der Waals surface area contributed by atoms with E-state index in [2.05, 4.69) is 15.2 Å². The van der Waals surface area contributed by atoms with E-state index < -0.39 is 4.92 Å². The number of fused-ring (bicyclic) bond motifs is 1. The number of aryl methyl sites for hydroxylation is 1. The van der Waals surface area contributed by atoms with Crippen molar-refractivity contribution in [2.75, 3.05) is 0 Å². The predicted molar refractivity (Wildman–Crippen MR) is 82.0 cm³/mol. The lowest BCUT2D eigenvalue weighted by Crippen LogP contribution is -1.88. The maximum absolute atomic E-state index is 11.0. The highest BCUT2D eigenvalue weighted by molar-refractivity contribution is 5.97. The molecule has 0 aliphatic rings. The molecule has 22 heavy (non-hydrogen) atoms. The van der Waals surface area contributed by atoms with Gasteiger partial charge in [0.1, 0.15) is 0 Å². The molecule has 1 aromatic heterocycles. The Morgan fingerprint density at radius 2 is 1.91 bits per heavy atom. The quantitative estimate of drug-likeness (QED) is 0.422. The molecule has 0 aliphatic carbocycles. The number of hydrogen-bond donors (Lipinski definition) is 2. The van der Waals surface area contributed by atoms with Crippen LogP contribution in [0.4, 0.5) is 17.1 Å². The van der Waals surface area contributed by atoms with Crippen LogP contribution in [-0.4, -0.2) is 15.0 Å². The van der Waals surface area contributed by atoms with Gasteiger partial charge in [-0.2, -0.15) is 5.11 Å². The first kappa shape index (κ1) is 13.7. The Balaban J connectivity index is 2.15. The molecule has 0 saturated heterocycles. The number of nitro benzene ring substituents is 1. The zero-order valence-corrected chi connectivity index (χ0v) is 11.6. The van der Waals surface area contributed by atoms with Crippen LogP contribution in [0.5, 0.6) is 5.88 Å². The number of non-ortho nitro benzene ring substituents is 1. The van der Waals surface area contributed by atoms with Crippen LogP contribution in [0.2, 0.25) is 0 Å². The van der Waals surface area contributed by atoms with Gasteiger partial charge in [0.25, 0.3) is 5.69 Å². The summed E-state index contributed by atoms with van der Waals surface area (Å²) in [5, 5.41) is 29.5.